The molecule has 3 N–H and O–H groups in total. The van der Waals surface area contributed by atoms with Crippen molar-refractivity contribution in [3.05, 3.63) is 91.3 Å². The van der Waals surface area contributed by atoms with Crippen LogP contribution in [0.5, 0.6) is 0 Å². The molecule has 1 aromatic heterocycles. The van der Waals surface area contributed by atoms with Crippen molar-refractivity contribution in [2.24, 2.45) is 0 Å². The predicted octanol–water partition coefficient (Wildman–Crippen LogP) is 2.75. The van der Waals surface area contributed by atoms with Gasteiger partial charge in [-0.1, -0.05) is 41.9 Å². The lowest BCUT2D eigenvalue weighted by Crippen LogP contribution is -2.44. The van der Waals surface area contributed by atoms with Crippen LogP contribution in [0.1, 0.15) is 22.8 Å². The molecule has 3 rings (SSSR count). The molecule has 0 saturated heterocycles. The third kappa shape index (κ3) is 4.28. The number of hydrogen-bond donors (Lipinski definition) is 2. The minimum atomic E-state index is -0.775. The fourth-order valence-electron chi connectivity index (χ4n) is 3.07. The molecule has 1 heterocycles. The topological polar surface area (TPSA) is 99.1 Å². The molecule has 156 valence electrons. The van der Waals surface area contributed by atoms with Crippen molar-refractivity contribution in [1.82, 2.24) is 9.13 Å². The molecular formula is C21H20ClFN4O3. The Morgan fingerprint density at radius 2 is 1.83 bits per heavy atom. The van der Waals surface area contributed by atoms with Crippen LogP contribution < -0.4 is 22.3 Å². The minimum absolute atomic E-state index is 0.0165. The smallest absolute Gasteiger partial charge is 0.332 e. The van der Waals surface area contributed by atoms with Crippen LogP contribution in [0.3, 0.4) is 0 Å². The number of nitrogens with zero attached hydrogens (tertiary/aromatic N) is 2. The summed E-state index contributed by atoms with van der Waals surface area (Å²) < 4.78 is 16.0. The molecule has 2 aromatic carbocycles. The Labute approximate surface area is 176 Å². The fourth-order valence-corrected chi connectivity index (χ4v) is 3.24. The zero-order valence-corrected chi connectivity index (χ0v) is 16.9. The molecule has 0 aliphatic heterocycles. The van der Waals surface area contributed by atoms with Gasteiger partial charge in [-0.2, -0.15) is 0 Å². The average Bonchev–Trinajstić information content (AvgIpc) is 2.73. The molecule has 0 saturated carbocycles. The summed E-state index contributed by atoms with van der Waals surface area (Å²) in [5, 5.41) is 2.92. The summed E-state index contributed by atoms with van der Waals surface area (Å²) in [4.78, 5) is 38.3. The number of benzene rings is 2. The SMILES string of the molecule is CCn1c(=O)c(C(=O)CNc2cc(Cl)ccc2F)c(N)n(Cc2ccccc2)c1=O. The van der Waals surface area contributed by atoms with E-state index in [0.29, 0.717) is 0 Å². The summed E-state index contributed by atoms with van der Waals surface area (Å²) in [6, 6.07) is 12.9. The highest BCUT2D eigenvalue weighted by Gasteiger charge is 2.22. The lowest BCUT2D eigenvalue weighted by molar-refractivity contribution is 0.100. The number of Topliss-reactive ketones (excluding diaryl/α,β-unsaturated/α-hetero) is 1. The first-order valence-electron chi connectivity index (χ1n) is 9.22. The molecule has 0 radical (unpaired) electrons. The summed E-state index contributed by atoms with van der Waals surface area (Å²) in [6.45, 7) is 1.40. The molecule has 0 fully saturated rings. The molecular weight excluding hydrogens is 411 g/mol. The Hall–Kier alpha value is -3.39. The van der Waals surface area contributed by atoms with Crippen molar-refractivity contribution in [3.63, 3.8) is 0 Å². The zero-order chi connectivity index (χ0) is 21.8. The second-order valence-electron chi connectivity index (χ2n) is 6.56. The lowest BCUT2D eigenvalue weighted by Gasteiger charge is -2.16. The van der Waals surface area contributed by atoms with Gasteiger partial charge in [0.25, 0.3) is 5.56 Å². The van der Waals surface area contributed by atoms with Crippen LogP contribution in [0, 0.1) is 5.82 Å². The normalized spacial score (nSPS) is 10.8. The standard InChI is InChI=1S/C21H20ClFN4O3/c1-2-26-20(29)18(17(28)11-25-16-10-14(22)8-9-15(16)23)19(24)27(21(26)30)12-13-6-4-3-5-7-13/h3-10,25H,2,11-12,24H2,1H3. The van der Waals surface area contributed by atoms with Gasteiger partial charge >= 0.3 is 5.69 Å². The Morgan fingerprint density at radius 1 is 1.13 bits per heavy atom. The first kappa shape index (κ1) is 21.3. The maximum atomic E-state index is 13.9. The van der Waals surface area contributed by atoms with E-state index in [2.05, 4.69) is 5.32 Å². The quantitative estimate of drug-likeness (QED) is 0.561. The zero-order valence-electron chi connectivity index (χ0n) is 16.2. The van der Waals surface area contributed by atoms with Crippen molar-refractivity contribution in [2.75, 3.05) is 17.6 Å². The van der Waals surface area contributed by atoms with Gasteiger partial charge < -0.3 is 11.1 Å². The van der Waals surface area contributed by atoms with Crippen LogP contribution in [-0.4, -0.2) is 21.5 Å². The molecule has 7 nitrogen and oxygen atoms in total. The Balaban J connectivity index is 2.00. The van der Waals surface area contributed by atoms with Gasteiger partial charge in [0.2, 0.25) is 0 Å². The number of carbonyl (C=O) groups is 1. The first-order valence-corrected chi connectivity index (χ1v) is 9.60. The maximum Gasteiger partial charge on any atom is 0.332 e. The van der Waals surface area contributed by atoms with Gasteiger partial charge in [0, 0.05) is 11.6 Å². The third-order valence-corrected chi connectivity index (χ3v) is 4.85. The van der Waals surface area contributed by atoms with Crippen LogP contribution >= 0.6 is 11.6 Å². The number of carbonyl (C=O) groups excluding carboxylic acids is 1. The molecule has 9 heteroatoms. The molecule has 0 aliphatic carbocycles. The summed E-state index contributed by atoms with van der Waals surface area (Å²) >= 11 is 5.85. The van der Waals surface area contributed by atoms with Gasteiger partial charge in [-0.05, 0) is 30.7 Å². The molecule has 0 bridgehead atoms. The molecule has 0 atom stereocenters. The molecule has 0 unspecified atom stereocenters. The minimum Gasteiger partial charge on any atom is -0.384 e. The number of anilines is 2. The summed E-state index contributed by atoms with van der Waals surface area (Å²) in [7, 11) is 0. The maximum absolute atomic E-state index is 13.9. The molecule has 0 spiro atoms. The van der Waals surface area contributed by atoms with Crippen molar-refractivity contribution in [3.8, 4) is 0 Å². The Bertz CT molecular complexity index is 1210. The highest BCUT2D eigenvalue weighted by molar-refractivity contribution is 6.30. The number of halogens is 2. The highest BCUT2D eigenvalue weighted by atomic mass is 35.5. The van der Waals surface area contributed by atoms with E-state index < -0.39 is 29.4 Å². The Morgan fingerprint density at radius 3 is 2.50 bits per heavy atom. The number of rotatable bonds is 7. The van der Waals surface area contributed by atoms with Gasteiger partial charge in [-0.25, -0.2) is 9.18 Å². The van der Waals surface area contributed by atoms with Crippen molar-refractivity contribution in [1.29, 1.82) is 0 Å². The monoisotopic (exact) mass is 430 g/mol. The van der Waals surface area contributed by atoms with E-state index in [9.17, 15) is 18.8 Å². The van der Waals surface area contributed by atoms with Crippen molar-refractivity contribution < 1.29 is 9.18 Å². The van der Waals surface area contributed by atoms with Gasteiger partial charge in [-0.15, -0.1) is 0 Å². The van der Waals surface area contributed by atoms with Gasteiger partial charge in [0.15, 0.2) is 5.78 Å². The number of hydrogen-bond acceptors (Lipinski definition) is 5. The van der Waals surface area contributed by atoms with Crippen LogP contribution in [-0.2, 0) is 13.1 Å². The number of nitrogens with two attached hydrogens (primary N) is 1. The molecule has 0 aliphatic rings. The predicted molar refractivity (Wildman–Crippen MR) is 115 cm³/mol. The summed E-state index contributed by atoms with van der Waals surface area (Å²) in [5.74, 6) is -1.49. The summed E-state index contributed by atoms with van der Waals surface area (Å²) in [6.07, 6.45) is 0. The average molecular weight is 431 g/mol. The lowest BCUT2D eigenvalue weighted by atomic mass is 10.1. The van der Waals surface area contributed by atoms with Gasteiger partial charge in [0.1, 0.15) is 17.2 Å². The fraction of sp³-hybridized carbons (Fsp3) is 0.190. The van der Waals surface area contributed by atoms with Crippen LogP contribution in [0.15, 0.2) is 58.1 Å². The van der Waals surface area contributed by atoms with E-state index in [0.717, 1.165) is 16.2 Å². The summed E-state index contributed by atoms with van der Waals surface area (Å²) in [5.41, 5.74) is 5.19. The largest absolute Gasteiger partial charge is 0.384 e. The molecule has 30 heavy (non-hydrogen) atoms. The third-order valence-electron chi connectivity index (χ3n) is 4.61. The molecule has 3 aromatic rings. The van der Waals surface area contributed by atoms with E-state index >= 15 is 0 Å². The van der Waals surface area contributed by atoms with Gasteiger partial charge in [-0.3, -0.25) is 18.7 Å². The number of aromatic nitrogens is 2. The van der Waals surface area contributed by atoms with E-state index in [1.165, 1.54) is 16.7 Å². The van der Waals surface area contributed by atoms with Crippen LogP contribution in [0.25, 0.3) is 0 Å². The van der Waals surface area contributed by atoms with Crippen LogP contribution in [0.4, 0.5) is 15.9 Å². The van der Waals surface area contributed by atoms with E-state index in [-0.39, 0.29) is 35.2 Å². The number of nitrogen functional groups attached to an aromatic ring is 1. The second kappa shape index (κ2) is 8.96. The Kier molecular flexibility index (Phi) is 6.37. The number of ketones is 1. The van der Waals surface area contributed by atoms with Gasteiger partial charge in [0.05, 0.1) is 18.8 Å². The van der Waals surface area contributed by atoms with E-state index in [1.807, 2.05) is 18.2 Å². The molecule has 0 amide bonds. The van der Waals surface area contributed by atoms with E-state index in [1.54, 1.807) is 19.1 Å². The highest BCUT2D eigenvalue weighted by Crippen LogP contribution is 2.19. The van der Waals surface area contributed by atoms with Crippen LogP contribution in [0.2, 0.25) is 5.02 Å². The second-order valence-corrected chi connectivity index (χ2v) is 7.00. The van der Waals surface area contributed by atoms with Crippen molar-refractivity contribution in [2.45, 2.75) is 20.0 Å². The number of nitrogens with one attached hydrogen (secondary N) is 1. The van der Waals surface area contributed by atoms with Crippen molar-refractivity contribution >= 4 is 28.9 Å². The first-order chi connectivity index (χ1) is 14.3. The van der Waals surface area contributed by atoms with E-state index in [4.69, 9.17) is 17.3 Å².